The van der Waals surface area contributed by atoms with Crippen LogP contribution in [0.15, 0.2) is 24.3 Å². The van der Waals surface area contributed by atoms with Crippen molar-refractivity contribution in [2.24, 2.45) is 0 Å². The van der Waals surface area contributed by atoms with Crippen LogP contribution in [0.1, 0.15) is 5.56 Å². The SMILES string of the molecule is CN(C)S(=O)(=O)N(C)Cc1cccc(Cl)c1. The van der Waals surface area contributed by atoms with E-state index >= 15 is 0 Å². The lowest BCUT2D eigenvalue weighted by molar-refractivity contribution is 0.414. The van der Waals surface area contributed by atoms with E-state index in [-0.39, 0.29) is 0 Å². The van der Waals surface area contributed by atoms with Gasteiger partial charge in [0.25, 0.3) is 10.2 Å². The molecule has 6 heteroatoms. The van der Waals surface area contributed by atoms with Gasteiger partial charge in [-0.25, -0.2) is 0 Å². The van der Waals surface area contributed by atoms with E-state index < -0.39 is 10.2 Å². The zero-order valence-corrected chi connectivity index (χ0v) is 11.1. The Kier molecular flexibility index (Phi) is 4.32. The fraction of sp³-hybridized carbons (Fsp3) is 0.400. The molecule has 0 amide bonds. The van der Waals surface area contributed by atoms with E-state index in [9.17, 15) is 8.42 Å². The van der Waals surface area contributed by atoms with Crippen molar-refractivity contribution in [2.75, 3.05) is 21.1 Å². The highest BCUT2D eigenvalue weighted by Gasteiger charge is 2.20. The summed E-state index contributed by atoms with van der Waals surface area (Å²) in [7, 11) is 1.18. The molecule has 0 radical (unpaired) electrons. The summed E-state index contributed by atoms with van der Waals surface area (Å²) in [6.45, 7) is 0.307. The quantitative estimate of drug-likeness (QED) is 0.827. The predicted octanol–water partition coefficient (Wildman–Crippen LogP) is 1.58. The Morgan fingerprint density at radius 2 is 1.88 bits per heavy atom. The van der Waals surface area contributed by atoms with E-state index in [0.717, 1.165) is 5.56 Å². The molecule has 0 atom stereocenters. The van der Waals surface area contributed by atoms with Gasteiger partial charge in [0, 0.05) is 32.7 Å². The van der Waals surface area contributed by atoms with Gasteiger partial charge in [-0.3, -0.25) is 0 Å². The molecule has 0 aliphatic heterocycles. The van der Waals surface area contributed by atoms with E-state index in [0.29, 0.717) is 11.6 Å². The van der Waals surface area contributed by atoms with Gasteiger partial charge in [0.2, 0.25) is 0 Å². The first kappa shape index (κ1) is 13.4. The minimum Gasteiger partial charge on any atom is -0.195 e. The highest BCUT2D eigenvalue weighted by molar-refractivity contribution is 7.86. The second-order valence-corrected chi connectivity index (χ2v) is 6.36. The van der Waals surface area contributed by atoms with Crippen molar-refractivity contribution < 1.29 is 8.42 Å². The number of hydrogen-bond acceptors (Lipinski definition) is 2. The van der Waals surface area contributed by atoms with Gasteiger partial charge in [0.05, 0.1) is 0 Å². The van der Waals surface area contributed by atoms with Crippen molar-refractivity contribution in [3.63, 3.8) is 0 Å². The van der Waals surface area contributed by atoms with Crippen LogP contribution in [-0.4, -0.2) is 38.2 Å². The smallest absolute Gasteiger partial charge is 0.195 e. The molecule has 0 aromatic heterocycles. The molecule has 1 aromatic carbocycles. The Morgan fingerprint density at radius 3 is 2.38 bits per heavy atom. The predicted molar refractivity (Wildman–Crippen MR) is 65.5 cm³/mol. The third kappa shape index (κ3) is 3.18. The molecular weight excluding hydrogens is 248 g/mol. The van der Waals surface area contributed by atoms with Crippen molar-refractivity contribution in [2.45, 2.75) is 6.54 Å². The molecule has 90 valence electrons. The van der Waals surface area contributed by atoms with Crippen LogP contribution >= 0.6 is 11.6 Å². The van der Waals surface area contributed by atoms with Crippen LogP contribution in [0.25, 0.3) is 0 Å². The Morgan fingerprint density at radius 1 is 1.25 bits per heavy atom. The molecule has 0 unspecified atom stereocenters. The third-order valence-electron chi connectivity index (χ3n) is 2.15. The van der Waals surface area contributed by atoms with Crippen LogP contribution in [0, 0.1) is 0 Å². The molecular formula is C10H15ClN2O2S. The highest BCUT2D eigenvalue weighted by Crippen LogP contribution is 2.14. The van der Waals surface area contributed by atoms with E-state index in [1.807, 2.05) is 6.07 Å². The van der Waals surface area contributed by atoms with Crippen LogP contribution in [0.5, 0.6) is 0 Å². The second-order valence-electron chi connectivity index (χ2n) is 3.68. The molecule has 1 aromatic rings. The Labute approximate surface area is 102 Å². The van der Waals surface area contributed by atoms with Gasteiger partial charge < -0.3 is 0 Å². The standard InChI is InChI=1S/C10H15ClN2O2S/c1-12(2)16(14,15)13(3)8-9-5-4-6-10(11)7-9/h4-7H,8H2,1-3H3. The van der Waals surface area contributed by atoms with Crippen molar-refractivity contribution in [1.29, 1.82) is 0 Å². The lowest BCUT2D eigenvalue weighted by atomic mass is 10.2. The molecule has 4 nitrogen and oxygen atoms in total. The maximum Gasteiger partial charge on any atom is 0.281 e. The molecule has 0 spiro atoms. The van der Waals surface area contributed by atoms with Gasteiger partial charge in [0.15, 0.2) is 0 Å². The van der Waals surface area contributed by atoms with Crippen LogP contribution in [0.2, 0.25) is 5.02 Å². The van der Waals surface area contributed by atoms with Gasteiger partial charge in [-0.05, 0) is 17.7 Å². The average molecular weight is 263 g/mol. The summed E-state index contributed by atoms with van der Waals surface area (Å²) >= 11 is 5.83. The maximum atomic E-state index is 11.7. The molecule has 0 heterocycles. The van der Waals surface area contributed by atoms with Crippen LogP contribution in [-0.2, 0) is 16.8 Å². The lowest BCUT2D eigenvalue weighted by Crippen LogP contribution is -2.36. The largest absolute Gasteiger partial charge is 0.281 e. The first-order valence-electron chi connectivity index (χ1n) is 4.72. The summed E-state index contributed by atoms with van der Waals surface area (Å²) < 4.78 is 25.9. The van der Waals surface area contributed by atoms with Gasteiger partial charge in [-0.15, -0.1) is 0 Å². The first-order chi connectivity index (χ1) is 7.34. The van der Waals surface area contributed by atoms with Gasteiger partial charge in [0.1, 0.15) is 0 Å². The number of nitrogens with zero attached hydrogens (tertiary/aromatic N) is 2. The van der Waals surface area contributed by atoms with Crippen LogP contribution < -0.4 is 0 Å². The third-order valence-corrected chi connectivity index (χ3v) is 4.22. The average Bonchev–Trinajstić information content (AvgIpc) is 2.17. The molecule has 0 aliphatic rings. The first-order valence-corrected chi connectivity index (χ1v) is 6.50. The second kappa shape index (κ2) is 5.14. The number of rotatable bonds is 4. The molecule has 0 saturated heterocycles. The zero-order chi connectivity index (χ0) is 12.3. The summed E-state index contributed by atoms with van der Waals surface area (Å²) in [4.78, 5) is 0. The monoisotopic (exact) mass is 262 g/mol. The molecule has 0 fully saturated rings. The Bertz CT molecular complexity index is 460. The number of halogens is 1. The summed E-state index contributed by atoms with van der Waals surface area (Å²) in [5.74, 6) is 0. The normalized spacial score (nSPS) is 12.4. The van der Waals surface area contributed by atoms with Gasteiger partial charge in [-0.1, -0.05) is 23.7 Å². The molecule has 0 saturated carbocycles. The summed E-state index contributed by atoms with van der Waals surface area (Å²) in [5, 5.41) is 0.605. The van der Waals surface area contributed by atoms with Gasteiger partial charge >= 0.3 is 0 Å². The van der Waals surface area contributed by atoms with E-state index in [2.05, 4.69) is 0 Å². The summed E-state index contributed by atoms with van der Waals surface area (Å²) in [6, 6.07) is 7.15. The van der Waals surface area contributed by atoms with E-state index in [4.69, 9.17) is 11.6 Å². The minimum absolute atomic E-state index is 0.307. The van der Waals surface area contributed by atoms with Crippen molar-refractivity contribution >= 4 is 21.8 Å². The summed E-state index contributed by atoms with van der Waals surface area (Å²) in [5.41, 5.74) is 0.862. The number of benzene rings is 1. The van der Waals surface area contributed by atoms with Crippen molar-refractivity contribution in [3.05, 3.63) is 34.9 Å². The topological polar surface area (TPSA) is 40.6 Å². The lowest BCUT2D eigenvalue weighted by Gasteiger charge is -2.21. The molecule has 0 N–H and O–H groups in total. The minimum atomic E-state index is -3.36. The van der Waals surface area contributed by atoms with Gasteiger partial charge in [-0.2, -0.15) is 17.0 Å². The highest BCUT2D eigenvalue weighted by atomic mass is 35.5. The number of hydrogen-bond donors (Lipinski definition) is 0. The molecule has 1 rings (SSSR count). The van der Waals surface area contributed by atoms with Crippen LogP contribution in [0.3, 0.4) is 0 Å². The zero-order valence-electron chi connectivity index (χ0n) is 9.51. The maximum absolute atomic E-state index is 11.7. The van der Waals surface area contributed by atoms with Crippen molar-refractivity contribution in [3.8, 4) is 0 Å². The van der Waals surface area contributed by atoms with Crippen LogP contribution in [0.4, 0.5) is 0 Å². The van der Waals surface area contributed by atoms with E-state index in [1.165, 1.54) is 29.8 Å². The fourth-order valence-corrected chi connectivity index (χ4v) is 2.34. The molecule has 0 aliphatic carbocycles. The molecule has 16 heavy (non-hydrogen) atoms. The van der Waals surface area contributed by atoms with Crippen molar-refractivity contribution in [1.82, 2.24) is 8.61 Å². The Balaban J connectivity index is 2.83. The van der Waals surface area contributed by atoms with E-state index in [1.54, 1.807) is 18.2 Å². The molecule has 0 bridgehead atoms. The Hall–Kier alpha value is -0.620. The fourth-order valence-electron chi connectivity index (χ4n) is 1.25. The summed E-state index contributed by atoms with van der Waals surface area (Å²) in [6.07, 6.45) is 0.